The predicted octanol–water partition coefficient (Wildman–Crippen LogP) is 0.829. The summed E-state index contributed by atoms with van der Waals surface area (Å²) in [6.45, 7) is 1.92. The van der Waals surface area contributed by atoms with E-state index in [1.165, 1.54) is 4.90 Å². The Labute approximate surface area is 106 Å². The summed E-state index contributed by atoms with van der Waals surface area (Å²) in [6.07, 6.45) is 0.533. The largest absolute Gasteiger partial charge is 0.347 e. The first-order valence-electron chi connectivity index (χ1n) is 5.89. The van der Waals surface area contributed by atoms with E-state index in [2.05, 4.69) is 9.97 Å². The van der Waals surface area contributed by atoms with Crippen LogP contribution in [0.5, 0.6) is 0 Å². The van der Waals surface area contributed by atoms with Crippen molar-refractivity contribution in [3.8, 4) is 0 Å². The van der Waals surface area contributed by atoms with E-state index in [-0.39, 0.29) is 5.91 Å². The third-order valence-corrected chi connectivity index (χ3v) is 2.88. The van der Waals surface area contributed by atoms with Crippen molar-refractivity contribution in [3.05, 3.63) is 29.6 Å². The summed E-state index contributed by atoms with van der Waals surface area (Å²) in [7, 11) is 3.42. The molecule has 1 heterocycles. The maximum Gasteiger partial charge on any atom is 0.239 e. The molecule has 1 unspecified atom stereocenters. The average molecular weight is 246 g/mol. The Bertz CT molecular complexity index is 573. The van der Waals surface area contributed by atoms with Gasteiger partial charge in [-0.25, -0.2) is 4.98 Å². The molecule has 0 fully saturated rings. The van der Waals surface area contributed by atoms with Crippen LogP contribution < -0.4 is 5.73 Å². The minimum Gasteiger partial charge on any atom is -0.347 e. The van der Waals surface area contributed by atoms with Crippen molar-refractivity contribution in [1.29, 1.82) is 0 Å². The number of hydrogen-bond donors (Lipinski definition) is 2. The van der Waals surface area contributed by atoms with Crippen LogP contribution in [0.2, 0.25) is 0 Å². The lowest BCUT2D eigenvalue weighted by Gasteiger charge is -2.16. The molecule has 0 aliphatic rings. The Balaban J connectivity index is 2.19. The van der Waals surface area contributed by atoms with E-state index < -0.39 is 6.04 Å². The highest BCUT2D eigenvalue weighted by molar-refractivity contribution is 5.82. The molecule has 3 N–H and O–H groups in total. The van der Waals surface area contributed by atoms with Crippen LogP contribution in [0, 0.1) is 6.92 Å². The topological polar surface area (TPSA) is 75.0 Å². The first-order chi connectivity index (χ1) is 8.47. The number of H-pyrrole nitrogens is 1. The fourth-order valence-corrected chi connectivity index (χ4v) is 1.98. The zero-order chi connectivity index (χ0) is 13.3. The number of carbonyl (C=O) groups excluding carboxylic acids is 1. The van der Waals surface area contributed by atoms with Crippen LogP contribution in [0.25, 0.3) is 11.0 Å². The van der Waals surface area contributed by atoms with Gasteiger partial charge in [0, 0.05) is 14.1 Å². The molecule has 0 saturated carbocycles. The summed E-state index contributed by atoms with van der Waals surface area (Å²) in [5.41, 5.74) is 8.83. The van der Waals surface area contributed by atoms with Gasteiger partial charge in [0.15, 0.2) is 0 Å². The normalized spacial score (nSPS) is 12.7. The van der Waals surface area contributed by atoms with Gasteiger partial charge in [-0.2, -0.15) is 0 Å². The van der Waals surface area contributed by atoms with Crippen molar-refractivity contribution in [2.45, 2.75) is 19.4 Å². The summed E-state index contributed by atoms with van der Waals surface area (Å²) in [5.74, 6) is 0.826. The number of hydrogen-bond acceptors (Lipinski definition) is 3. The van der Waals surface area contributed by atoms with Crippen molar-refractivity contribution in [1.82, 2.24) is 14.9 Å². The number of fused-ring (bicyclic) bond motifs is 1. The minimum atomic E-state index is -0.499. The molecule has 1 atom stereocenters. The van der Waals surface area contributed by atoms with Crippen molar-refractivity contribution < 1.29 is 4.79 Å². The first kappa shape index (κ1) is 12.6. The summed E-state index contributed by atoms with van der Waals surface area (Å²) in [6, 6.07) is 5.41. The molecule has 0 aliphatic carbocycles. The monoisotopic (exact) mass is 246 g/mol. The molecule has 0 bridgehead atoms. The van der Waals surface area contributed by atoms with Gasteiger partial charge in [0.05, 0.1) is 17.1 Å². The first-order valence-corrected chi connectivity index (χ1v) is 5.89. The Hall–Kier alpha value is -1.88. The van der Waals surface area contributed by atoms with Crippen LogP contribution in [-0.4, -0.2) is 40.9 Å². The number of aromatic amines is 1. The molecule has 5 nitrogen and oxygen atoms in total. The van der Waals surface area contributed by atoms with Gasteiger partial charge >= 0.3 is 0 Å². The van der Waals surface area contributed by atoms with E-state index in [0.717, 1.165) is 22.4 Å². The molecule has 5 heteroatoms. The maximum absolute atomic E-state index is 11.7. The second-order valence-corrected chi connectivity index (χ2v) is 4.72. The third kappa shape index (κ3) is 2.51. The number of nitrogens with one attached hydrogen (secondary N) is 1. The number of likely N-dealkylation sites (N-methyl/N-ethyl adjacent to an activating group) is 1. The smallest absolute Gasteiger partial charge is 0.239 e. The Morgan fingerprint density at radius 1 is 1.50 bits per heavy atom. The fraction of sp³-hybridized carbons (Fsp3) is 0.385. The van der Waals surface area contributed by atoms with Crippen LogP contribution >= 0.6 is 0 Å². The van der Waals surface area contributed by atoms with Crippen molar-refractivity contribution in [3.63, 3.8) is 0 Å². The molecule has 1 aromatic carbocycles. The molecule has 18 heavy (non-hydrogen) atoms. The summed E-state index contributed by atoms with van der Waals surface area (Å²) >= 11 is 0. The van der Waals surface area contributed by atoms with Crippen molar-refractivity contribution in [2.24, 2.45) is 5.73 Å². The zero-order valence-electron chi connectivity index (χ0n) is 10.9. The Morgan fingerprint density at radius 3 is 2.89 bits per heavy atom. The summed E-state index contributed by atoms with van der Waals surface area (Å²) in [5, 5.41) is 0. The molecule has 0 aliphatic heterocycles. The van der Waals surface area contributed by atoms with Gasteiger partial charge in [0.25, 0.3) is 0 Å². The number of carbonyl (C=O) groups is 1. The van der Waals surface area contributed by atoms with E-state index in [9.17, 15) is 4.79 Å². The van der Waals surface area contributed by atoms with Gasteiger partial charge in [-0.1, -0.05) is 6.07 Å². The highest BCUT2D eigenvalue weighted by Crippen LogP contribution is 2.14. The maximum atomic E-state index is 11.7. The van der Waals surface area contributed by atoms with Gasteiger partial charge in [-0.15, -0.1) is 0 Å². The van der Waals surface area contributed by atoms with Crippen molar-refractivity contribution >= 4 is 16.9 Å². The summed E-state index contributed by atoms with van der Waals surface area (Å²) < 4.78 is 0. The Morgan fingerprint density at radius 2 is 2.22 bits per heavy atom. The molecule has 1 amide bonds. The van der Waals surface area contributed by atoms with Gasteiger partial charge in [0.2, 0.25) is 5.91 Å². The third-order valence-electron chi connectivity index (χ3n) is 2.88. The van der Waals surface area contributed by atoms with E-state index in [0.29, 0.717) is 6.42 Å². The van der Waals surface area contributed by atoms with Gasteiger partial charge in [-0.05, 0) is 31.0 Å². The SMILES string of the molecule is Cc1nc2ccc(CC(N)C(=O)N(C)C)cc2[nH]1. The second kappa shape index (κ2) is 4.78. The molecule has 2 aromatic rings. The lowest BCUT2D eigenvalue weighted by atomic mass is 10.1. The number of nitrogens with two attached hydrogens (primary N) is 1. The highest BCUT2D eigenvalue weighted by Gasteiger charge is 2.16. The fourth-order valence-electron chi connectivity index (χ4n) is 1.98. The van der Waals surface area contributed by atoms with Crippen LogP contribution in [0.3, 0.4) is 0 Å². The molecule has 1 aromatic heterocycles. The number of rotatable bonds is 3. The van der Waals surface area contributed by atoms with Crippen LogP contribution in [0.15, 0.2) is 18.2 Å². The van der Waals surface area contributed by atoms with Crippen LogP contribution in [0.1, 0.15) is 11.4 Å². The second-order valence-electron chi connectivity index (χ2n) is 4.72. The predicted molar refractivity (Wildman–Crippen MR) is 71.2 cm³/mol. The number of nitrogens with zero attached hydrogens (tertiary/aromatic N) is 2. The molecule has 0 spiro atoms. The van der Waals surface area contributed by atoms with Gasteiger partial charge in [0.1, 0.15) is 5.82 Å². The van der Waals surface area contributed by atoms with E-state index in [1.807, 2.05) is 25.1 Å². The number of aryl methyl sites for hydroxylation is 1. The lowest BCUT2D eigenvalue weighted by Crippen LogP contribution is -2.41. The Kier molecular flexibility index (Phi) is 3.34. The molecule has 0 saturated heterocycles. The molecule has 0 radical (unpaired) electrons. The average Bonchev–Trinajstić information content (AvgIpc) is 2.67. The number of benzene rings is 1. The van der Waals surface area contributed by atoms with Gasteiger partial charge in [-0.3, -0.25) is 4.79 Å². The molecule has 2 rings (SSSR count). The zero-order valence-corrected chi connectivity index (χ0v) is 10.9. The molecular formula is C13H18N4O. The summed E-state index contributed by atoms with van der Waals surface area (Å²) in [4.78, 5) is 20.7. The van der Waals surface area contributed by atoms with Crippen LogP contribution in [-0.2, 0) is 11.2 Å². The molecular weight excluding hydrogens is 228 g/mol. The van der Waals surface area contributed by atoms with Crippen molar-refractivity contribution in [2.75, 3.05) is 14.1 Å². The quantitative estimate of drug-likeness (QED) is 0.842. The highest BCUT2D eigenvalue weighted by atomic mass is 16.2. The number of amides is 1. The lowest BCUT2D eigenvalue weighted by molar-refractivity contribution is -0.130. The standard InChI is InChI=1S/C13H18N4O/c1-8-15-11-5-4-9(7-12(11)16-8)6-10(14)13(18)17(2)3/h4-5,7,10H,6,14H2,1-3H3,(H,15,16). The number of imidazole rings is 1. The molecule has 96 valence electrons. The van der Waals surface area contributed by atoms with E-state index in [4.69, 9.17) is 5.73 Å². The number of aromatic nitrogens is 2. The van der Waals surface area contributed by atoms with E-state index >= 15 is 0 Å². The van der Waals surface area contributed by atoms with E-state index in [1.54, 1.807) is 14.1 Å². The van der Waals surface area contributed by atoms with Crippen LogP contribution in [0.4, 0.5) is 0 Å². The van der Waals surface area contributed by atoms with Gasteiger partial charge < -0.3 is 15.6 Å². The minimum absolute atomic E-state index is 0.0594.